The van der Waals surface area contributed by atoms with Gasteiger partial charge in [0.2, 0.25) is 17.7 Å². The van der Waals surface area contributed by atoms with Crippen molar-refractivity contribution in [3.8, 4) is 0 Å². The molecule has 3 amide bonds. The molecule has 0 radical (unpaired) electrons. The molecule has 3 rings (SSSR count). The first kappa shape index (κ1) is 15.6. The normalized spacial score (nSPS) is 23.0. The molecule has 0 saturated carbocycles. The van der Waals surface area contributed by atoms with E-state index in [1.54, 1.807) is 16.2 Å². The number of carbonyl (C=O) groups is 3. The zero-order valence-corrected chi connectivity index (χ0v) is 13.8. The highest BCUT2D eigenvalue weighted by atomic mass is 32.2. The summed E-state index contributed by atoms with van der Waals surface area (Å²) in [5.41, 5.74) is 0. The third-order valence-corrected chi connectivity index (χ3v) is 6.45. The lowest BCUT2D eigenvalue weighted by Gasteiger charge is -2.23. The standard InChI is InChI=1S/C15H18N2O3S2/c18-13-3-4-14(19)17(13)10-15(20)16-6-5-12(22-9-7-16)11-2-1-8-21-11/h1-2,8,12H,3-7,9-10H2. The van der Waals surface area contributed by atoms with E-state index in [1.807, 2.05) is 11.8 Å². The lowest BCUT2D eigenvalue weighted by atomic mass is 10.2. The number of nitrogens with zero attached hydrogens (tertiary/aromatic N) is 2. The lowest BCUT2D eigenvalue weighted by molar-refractivity contribution is -0.145. The highest BCUT2D eigenvalue weighted by molar-refractivity contribution is 7.99. The van der Waals surface area contributed by atoms with Crippen molar-refractivity contribution in [1.82, 2.24) is 9.80 Å². The topological polar surface area (TPSA) is 57.7 Å². The van der Waals surface area contributed by atoms with Crippen molar-refractivity contribution in [3.63, 3.8) is 0 Å². The zero-order valence-electron chi connectivity index (χ0n) is 12.2. The largest absolute Gasteiger partial charge is 0.340 e. The smallest absolute Gasteiger partial charge is 0.242 e. The van der Waals surface area contributed by atoms with E-state index in [0.717, 1.165) is 17.1 Å². The van der Waals surface area contributed by atoms with Crippen LogP contribution >= 0.6 is 23.1 Å². The number of thiophene rings is 1. The van der Waals surface area contributed by atoms with Crippen LogP contribution in [0.1, 0.15) is 29.4 Å². The van der Waals surface area contributed by atoms with Crippen LogP contribution < -0.4 is 0 Å². The first-order valence-corrected chi connectivity index (χ1v) is 9.34. The minimum absolute atomic E-state index is 0.0913. The fourth-order valence-electron chi connectivity index (χ4n) is 2.76. The summed E-state index contributed by atoms with van der Waals surface area (Å²) in [7, 11) is 0. The molecule has 1 atom stereocenters. The van der Waals surface area contributed by atoms with Gasteiger partial charge in [0.25, 0.3) is 0 Å². The Bertz CT molecular complexity index is 557. The van der Waals surface area contributed by atoms with Crippen LogP contribution in [0.15, 0.2) is 17.5 Å². The van der Waals surface area contributed by atoms with Crippen LogP contribution in [-0.2, 0) is 14.4 Å². The molecule has 2 fully saturated rings. The molecule has 0 aliphatic carbocycles. The first-order valence-electron chi connectivity index (χ1n) is 7.41. The average molecular weight is 338 g/mol. The molecule has 2 aliphatic rings. The van der Waals surface area contributed by atoms with E-state index < -0.39 is 0 Å². The van der Waals surface area contributed by atoms with Crippen molar-refractivity contribution >= 4 is 40.8 Å². The molecule has 3 heterocycles. The van der Waals surface area contributed by atoms with Gasteiger partial charge in [-0.1, -0.05) is 6.07 Å². The van der Waals surface area contributed by atoms with Crippen molar-refractivity contribution in [1.29, 1.82) is 0 Å². The highest BCUT2D eigenvalue weighted by Gasteiger charge is 2.32. The van der Waals surface area contributed by atoms with E-state index in [-0.39, 0.29) is 37.1 Å². The van der Waals surface area contributed by atoms with Gasteiger partial charge in [0, 0.05) is 41.8 Å². The quantitative estimate of drug-likeness (QED) is 0.790. The minimum atomic E-state index is -0.223. The van der Waals surface area contributed by atoms with Crippen molar-refractivity contribution in [2.75, 3.05) is 25.4 Å². The fraction of sp³-hybridized carbons (Fsp3) is 0.533. The lowest BCUT2D eigenvalue weighted by Crippen LogP contribution is -2.43. The van der Waals surface area contributed by atoms with E-state index in [2.05, 4.69) is 17.5 Å². The second-order valence-corrected chi connectivity index (χ2v) is 7.71. The van der Waals surface area contributed by atoms with Crippen molar-refractivity contribution < 1.29 is 14.4 Å². The predicted octanol–water partition coefficient (Wildman–Crippen LogP) is 1.90. The van der Waals surface area contributed by atoms with Gasteiger partial charge in [-0.3, -0.25) is 19.3 Å². The van der Waals surface area contributed by atoms with Crippen molar-refractivity contribution in [2.45, 2.75) is 24.5 Å². The maximum atomic E-state index is 12.4. The monoisotopic (exact) mass is 338 g/mol. The number of imide groups is 1. The molecular weight excluding hydrogens is 320 g/mol. The molecule has 1 aromatic heterocycles. The van der Waals surface area contributed by atoms with Gasteiger partial charge in [-0.05, 0) is 17.9 Å². The summed E-state index contributed by atoms with van der Waals surface area (Å²) in [5.74, 6) is 0.324. The van der Waals surface area contributed by atoms with E-state index in [4.69, 9.17) is 0 Å². The molecule has 5 nitrogen and oxygen atoms in total. The van der Waals surface area contributed by atoms with Crippen LogP contribution in [0.4, 0.5) is 0 Å². The molecule has 7 heteroatoms. The molecule has 0 aromatic carbocycles. The van der Waals surface area contributed by atoms with Gasteiger partial charge < -0.3 is 4.90 Å². The van der Waals surface area contributed by atoms with Gasteiger partial charge in [-0.2, -0.15) is 11.8 Å². The summed E-state index contributed by atoms with van der Waals surface area (Å²) in [6.45, 7) is 1.28. The van der Waals surface area contributed by atoms with Gasteiger partial charge in [0.15, 0.2) is 0 Å². The minimum Gasteiger partial charge on any atom is -0.340 e. The second-order valence-electron chi connectivity index (χ2n) is 5.42. The molecule has 0 spiro atoms. The van der Waals surface area contributed by atoms with Crippen LogP contribution in [-0.4, -0.2) is 52.9 Å². The van der Waals surface area contributed by atoms with Crippen molar-refractivity contribution in [2.24, 2.45) is 0 Å². The SMILES string of the molecule is O=C(CN1C(=O)CCC1=O)N1CCSC(c2cccs2)CC1. The summed E-state index contributed by atoms with van der Waals surface area (Å²) in [5, 5.41) is 2.52. The summed E-state index contributed by atoms with van der Waals surface area (Å²) in [6.07, 6.45) is 1.39. The van der Waals surface area contributed by atoms with Crippen LogP contribution in [0.5, 0.6) is 0 Å². The summed E-state index contributed by atoms with van der Waals surface area (Å²) in [4.78, 5) is 39.8. The van der Waals surface area contributed by atoms with Crippen LogP contribution in [0.3, 0.4) is 0 Å². The average Bonchev–Trinajstić information content (AvgIpc) is 3.06. The Hall–Kier alpha value is -1.34. The van der Waals surface area contributed by atoms with E-state index in [0.29, 0.717) is 18.3 Å². The fourth-order valence-corrected chi connectivity index (χ4v) is 4.99. The van der Waals surface area contributed by atoms with E-state index in [1.165, 1.54) is 4.88 Å². The van der Waals surface area contributed by atoms with Gasteiger partial charge in [-0.15, -0.1) is 11.3 Å². The van der Waals surface area contributed by atoms with Crippen LogP contribution in [0.2, 0.25) is 0 Å². The van der Waals surface area contributed by atoms with E-state index in [9.17, 15) is 14.4 Å². The molecule has 118 valence electrons. The van der Waals surface area contributed by atoms with Gasteiger partial charge >= 0.3 is 0 Å². The van der Waals surface area contributed by atoms with Crippen LogP contribution in [0.25, 0.3) is 0 Å². The third-order valence-electron chi connectivity index (χ3n) is 4.00. The van der Waals surface area contributed by atoms with Crippen molar-refractivity contribution in [3.05, 3.63) is 22.4 Å². The van der Waals surface area contributed by atoms with E-state index >= 15 is 0 Å². The second kappa shape index (κ2) is 6.83. The third kappa shape index (κ3) is 3.35. The predicted molar refractivity (Wildman–Crippen MR) is 86.7 cm³/mol. The Labute approximate surface area is 137 Å². The maximum Gasteiger partial charge on any atom is 0.242 e. The molecule has 2 aliphatic heterocycles. The number of hydrogen-bond donors (Lipinski definition) is 0. The zero-order chi connectivity index (χ0) is 15.5. The molecule has 1 unspecified atom stereocenters. The molecule has 2 saturated heterocycles. The molecular formula is C15H18N2O3S2. The Morgan fingerprint density at radius 2 is 2.00 bits per heavy atom. The Balaban J connectivity index is 1.57. The van der Waals surface area contributed by atoms with Crippen LogP contribution in [0, 0.1) is 0 Å². The number of likely N-dealkylation sites (tertiary alicyclic amines) is 1. The summed E-state index contributed by atoms with van der Waals surface area (Å²) in [6, 6.07) is 4.19. The number of rotatable bonds is 3. The number of thioether (sulfide) groups is 1. The number of amides is 3. The molecule has 0 N–H and O–H groups in total. The first-order chi connectivity index (χ1) is 10.6. The Kier molecular flexibility index (Phi) is 4.83. The Morgan fingerprint density at radius 1 is 1.23 bits per heavy atom. The molecule has 22 heavy (non-hydrogen) atoms. The van der Waals surface area contributed by atoms with Gasteiger partial charge in [-0.25, -0.2) is 0 Å². The molecule has 1 aromatic rings. The number of hydrogen-bond acceptors (Lipinski definition) is 5. The summed E-state index contributed by atoms with van der Waals surface area (Å²) >= 11 is 3.63. The van der Waals surface area contributed by atoms with Gasteiger partial charge in [0.05, 0.1) is 0 Å². The Morgan fingerprint density at radius 3 is 2.68 bits per heavy atom. The summed E-state index contributed by atoms with van der Waals surface area (Å²) < 4.78 is 0. The van der Waals surface area contributed by atoms with Gasteiger partial charge in [0.1, 0.15) is 6.54 Å². The molecule has 0 bridgehead atoms. The maximum absolute atomic E-state index is 12.4. The number of carbonyl (C=O) groups excluding carboxylic acids is 3. The highest BCUT2D eigenvalue weighted by Crippen LogP contribution is 2.36.